The van der Waals surface area contributed by atoms with Crippen LogP contribution < -0.4 is 5.32 Å². The van der Waals surface area contributed by atoms with Gasteiger partial charge in [-0.1, -0.05) is 0 Å². The van der Waals surface area contributed by atoms with Crippen molar-refractivity contribution in [1.29, 1.82) is 5.26 Å². The zero-order valence-corrected chi connectivity index (χ0v) is 9.07. The first kappa shape index (κ1) is 10.4. The second kappa shape index (κ2) is 4.19. The van der Waals surface area contributed by atoms with E-state index in [0.29, 0.717) is 12.5 Å². The van der Waals surface area contributed by atoms with E-state index in [1.165, 1.54) is 12.8 Å². The van der Waals surface area contributed by atoms with E-state index >= 15 is 0 Å². The number of rotatable bonds is 2. The first-order valence-electron chi connectivity index (χ1n) is 5.65. The number of hydrogen-bond donors (Lipinski definition) is 1. The lowest BCUT2D eigenvalue weighted by atomic mass is 10.1. The fourth-order valence-corrected chi connectivity index (χ4v) is 2.20. The molecular formula is C11H17N3O. The predicted octanol–water partition coefficient (Wildman–Crippen LogP) is 0.641. The zero-order valence-electron chi connectivity index (χ0n) is 9.07. The third-order valence-electron chi connectivity index (χ3n) is 3.21. The third-order valence-corrected chi connectivity index (χ3v) is 3.21. The molecule has 0 spiro atoms. The summed E-state index contributed by atoms with van der Waals surface area (Å²) >= 11 is 0. The van der Waals surface area contributed by atoms with E-state index in [2.05, 4.69) is 16.3 Å². The highest BCUT2D eigenvalue weighted by Crippen LogP contribution is 2.30. The SMILES string of the molecule is CC1CCN(C2CC2)C(CC#N)C(=O)N1. The Morgan fingerprint density at radius 2 is 2.27 bits per heavy atom. The van der Waals surface area contributed by atoms with Crippen LogP contribution in [0, 0.1) is 11.3 Å². The van der Waals surface area contributed by atoms with Gasteiger partial charge in [-0.05, 0) is 26.2 Å². The molecule has 4 heteroatoms. The second-order valence-corrected chi connectivity index (χ2v) is 4.55. The molecule has 0 aromatic carbocycles. The Morgan fingerprint density at radius 1 is 1.53 bits per heavy atom. The van der Waals surface area contributed by atoms with Crippen LogP contribution in [-0.2, 0) is 4.79 Å². The largest absolute Gasteiger partial charge is 0.352 e. The van der Waals surface area contributed by atoms with Crippen molar-refractivity contribution in [3.05, 3.63) is 0 Å². The number of carbonyl (C=O) groups is 1. The van der Waals surface area contributed by atoms with Crippen molar-refractivity contribution in [2.45, 2.75) is 50.7 Å². The molecule has 2 aliphatic rings. The minimum atomic E-state index is -0.215. The highest BCUT2D eigenvalue weighted by atomic mass is 16.2. The van der Waals surface area contributed by atoms with Gasteiger partial charge in [0.05, 0.1) is 12.5 Å². The van der Waals surface area contributed by atoms with Gasteiger partial charge in [0.1, 0.15) is 6.04 Å². The van der Waals surface area contributed by atoms with Gasteiger partial charge in [0.25, 0.3) is 0 Å². The maximum atomic E-state index is 11.9. The minimum Gasteiger partial charge on any atom is -0.352 e. The van der Waals surface area contributed by atoms with Gasteiger partial charge in [0.2, 0.25) is 5.91 Å². The molecule has 0 aromatic heterocycles. The van der Waals surface area contributed by atoms with Crippen LogP contribution >= 0.6 is 0 Å². The molecule has 1 N–H and O–H groups in total. The van der Waals surface area contributed by atoms with E-state index in [9.17, 15) is 4.79 Å². The van der Waals surface area contributed by atoms with Crippen molar-refractivity contribution in [2.75, 3.05) is 6.54 Å². The topological polar surface area (TPSA) is 56.1 Å². The van der Waals surface area contributed by atoms with Crippen LogP contribution in [0.3, 0.4) is 0 Å². The first-order chi connectivity index (χ1) is 7.22. The molecule has 2 rings (SSSR count). The van der Waals surface area contributed by atoms with Gasteiger partial charge in [0, 0.05) is 18.6 Å². The molecule has 0 bridgehead atoms. The second-order valence-electron chi connectivity index (χ2n) is 4.55. The maximum absolute atomic E-state index is 11.9. The van der Waals surface area contributed by atoms with Crippen molar-refractivity contribution in [3.8, 4) is 6.07 Å². The summed E-state index contributed by atoms with van der Waals surface area (Å²) in [5.74, 6) is 0.0356. The quantitative estimate of drug-likeness (QED) is 0.723. The summed E-state index contributed by atoms with van der Waals surface area (Å²) in [5, 5.41) is 11.7. The molecule has 2 unspecified atom stereocenters. The summed E-state index contributed by atoms with van der Waals surface area (Å²) in [6.45, 7) is 2.97. The number of carbonyl (C=O) groups excluding carboxylic acids is 1. The highest BCUT2D eigenvalue weighted by Gasteiger charge is 2.38. The number of hydrogen-bond acceptors (Lipinski definition) is 3. The van der Waals surface area contributed by atoms with E-state index in [1.807, 2.05) is 6.92 Å². The standard InChI is InChI=1S/C11H17N3O/c1-8-5-7-14(9-2-3-9)10(4-6-12)11(15)13-8/h8-10H,2-5,7H2,1H3,(H,13,15). The zero-order chi connectivity index (χ0) is 10.8. The Balaban J connectivity index is 2.11. The average molecular weight is 207 g/mol. The summed E-state index contributed by atoms with van der Waals surface area (Å²) in [6.07, 6.45) is 3.67. The Labute approximate surface area is 90.2 Å². The van der Waals surface area contributed by atoms with Crippen LogP contribution in [0.1, 0.15) is 32.6 Å². The van der Waals surface area contributed by atoms with Gasteiger partial charge in [-0.2, -0.15) is 5.26 Å². The minimum absolute atomic E-state index is 0.0356. The molecule has 1 aliphatic carbocycles. The summed E-state index contributed by atoms with van der Waals surface area (Å²) in [4.78, 5) is 14.1. The first-order valence-corrected chi connectivity index (χ1v) is 5.65. The predicted molar refractivity (Wildman–Crippen MR) is 56.0 cm³/mol. The lowest BCUT2D eigenvalue weighted by Crippen LogP contribution is -2.45. The van der Waals surface area contributed by atoms with Gasteiger partial charge >= 0.3 is 0 Å². The molecule has 1 amide bonds. The van der Waals surface area contributed by atoms with Crippen molar-refractivity contribution in [2.24, 2.45) is 0 Å². The molecule has 1 heterocycles. The normalized spacial score (nSPS) is 32.9. The van der Waals surface area contributed by atoms with Gasteiger partial charge < -0.3 is 5.32 Å². The summed E-state index contributed by atoms with van der Waals surface area (Å²) in [6, 6.07) is 2.70. The summed E-state index contributed by atoms with van der Waals surface area (Å²) < 4.78 is 0. The Kier molecular flexibility index (Phi) is 2.92. The number of nitrogens with one attached hydrogen (secondary N) is 1. The Hall–Kier alpha value is -1.08. The van der Waals surface area contributed by atoms with Gasteiger partial charge in [-0.25, -0.2) is 0 Å². The monoisotopic (exact) mass is 207 g/mol. The van der Waals surface area contributed by atoms with E-state index < -0.39 is 0 Å². The van der Waals surface area contributed by atoms with E-state index in [1.54, 1.807) is 0 Å². The van der Waals surface area contributed by atoms with Crippen LogP contribution in [0.15, 0.2) is 0 Å². The summed E-state index contributed by atoms with van der Waals surface area (Å²) in [5.41, 5.74) is 0. The summed E-state index contributed by atoms with van der Waals surface area (Å²) in [7, 11) is 0. The third kappa shape index (κ3) is 2.29. The van der Waals surface area contributed by atoms with E-state index in [0.717, 1.165) is 13.0 Å². The Bertz CT molecular complexity index is 293. The molecule has 1 saturated carbocycles. The Morgan fingerprint density at radius 3 is 2.87 bits per heavy atom. The number of amides is 1. The fourth-order valence-electron chi connectivity index (χ4n) is 2.20. The average Bonchev–Trinajstić information content (AvgIpc) is 2.98. The van der Waals surface area contributed by atoms with Crippen LogP contribution in [0.2, 0.25) is 0 Å². The smallest absolute Gasteiger partial charge is 0.238 e. The van der Waals surface area contributed by atoms with Gasteiger partial charge in [-0.3, -0.25) is 9.69 Å². The molecule has 1 aliphatic heterocycles. The lowest BCUT2D eigenvalue weighted by molar-refractivity contribution is -0.126. The highest BCUT2D eigenvalue weighted by molar-refractivity contribution is 5.82. The molecule has 0 aromatic rings. The molecular weight excluding hydrogens is 190 g/mol. The number of nitriles is 1. The van der Waals surface area contributed by atoms with Crippen molar-refractivity contribution >= 4 is 5.91 Å². The molecule has 2 fully saturated rings. The molecule has 82 valence electrons. The van der Waals surface area contributed by atoms with Gasteiger partial charge in [-0.15, -0.1) is 0 Å². The van der Waals surface area contributed by atoms with Crippen LogP contribution in [0.4, 0.5) is 0 Å². The molecule has 2 atom stereocenters. The van der Waals surface area contributed by atoms with Crippen molar-refractivity contribution in [1.82, 2.24) is 10.2 Å². The van der Waals surface area contributed by atoms with Crippen molar-refractivity contribution in [3.63, 3.8) is 0 Å². The maximum Gasteiger partial charge on any atom is 0.238 e. The van der Waals surface area contributed by atoms with E-state index in [-0.39, 0.29) is 18.0 Å². The molecule has 0 radical (unpaired) electrons. The fraction of sp³-hybridized carbons (Fsp3) is 0.818. The van der Waals surface area contributed by atoms with Gasteiger partial charge in [0.15, 0.2) is 0 Å². The van der Waals surface area contributed by atoms with Crippen LogP contribution in [-0.4, -0.2) is 35.5 Å². The van der Waals surface area contributed by atoms with E-state index in [4.69, 9.17) is 5.26 Å². The molecule has 4 nitrogen and oxygen atoms in total. The van der Waals surface area contributed by atoms with Crippen LogP contribution in [0.25, 0.3) is 0 Å². The van der Waals surface area contributed by atoms with Crippen LogP contribution in [0.5, 0.6) is 0 Å². The van der Waals surface area contributed by atoms with Crippen molar-refractivity contribution < 1.29 is 4.79 Å². The molecule has 15 heavy (non-hydrogen) atoms. The lowest BCUT2D eigenvalue weighted by Gasteiger charge is -2.26. The number of nitrogens with zero attached hydrogens (tertiary/aromatic N) is 2. The molecule has 1 saturated heterocycles.